The van der Waals surface area contributed by atoms with Crippen molar-refractivity contribution in [3.63, 3.8) is 0 Å². The van der Waals surface area contributed by atoms with Crippen molar-refractivity contribution in [1.29, 1.82) is 0 Å². The van der Waals surface area contributed by atoms with E-state index in [4.69, 9.17) is 22.1 Å². The summed E-state index contributed by atoms with van der Waals surface area (Å²) in [7, 11) is 0. The van der Waals surface area contributed by atoms with E-state index >= 15 is 0 Å². The van der Waals surface area contributed by atoms with Crippen LogP contribution in [0.3, 0.4) is 0 Å². The van der Waals surface area contributed by atoms with Crippen molar-refractivity contribution >= 4 is 17.5 Å². The molecule has 0 fully saturated rings. The number of hydrogen-bond acceptors (Lipinski definition) is 5. The minimum absolute atomic E-state index is 0.0574. The molecule has 0 aliphatic rings. The zero-order valence-corrected chi connectivity index (χ0v) is 13.9. The normalized spacial score (nSPS) is 12.1. The van der Waals surface area contributed by atoms with E-state index in [-0.39, 0.29) is 12.6 Å². The Kier molecular flexibility index (Phi) is 5.95. The summed E-state index contributed by atoms with van der Waals surface area (Å²) in [5.74, 6) is 0.786. The molecular weight excluding hydrogens is 318 g/mol. The molecule has 7 nitrogen and oxygen atoms in total. The van der Waals surface area contributed by atoms with Crippen LogP contribution in [-0.4, -0.2) is 27.3 Å². The fraction of sp³-hybridized carbons (Fsp3) is 0.400. The highest BCUT2D eigenvalue weighted by atomic mass is 35.5. The molecule has 0 spiro atoms. The van der Waals surface area contributed by atoms with E-state index in [0.717, 1.165) is 17.9 Å². The van der Waals surface area contributed by atoms with Gasteiger partial charge in [0.1, 0.15) is 17.9 Å². The van der Waals surface area contributed by atoms with Crippen molar-refractivity contribution in [3.8, 4) is 5.75 Å². The van der Waals surface area contributed by atoms with Crippen molar-refractivity contribution in [2.24, 2.45) is 5.73 Å². The van der Waals surface area contributed by atoms with Gasteiger partial charge < -0.3 is 20.4 Å². The summed E-state index contributed by atoms with van der Waals surface area (Å²) in [6, 6.07) is 5.46. The first kappa shape index (κ1) is 17.2. The van der Waals surface area contributed by atoms with E-state index in [1.54, 1.807) is 18.5 Å². The Balaban J connectivity index is 1.95. The topological polar surface area (TPSA) is 95.1 Å². The third-order valence-electron chi connectivity index (χ3n) is 3.35. The van der Waals surface area contributed by atoms with E-state index in [1.807, 2.05) is 24.5 Å². The van der Waals surface area contributed by atoms with Crippen LogP contribution >= 0.6 is 11.6 Å². The molecule has 3 N–H and O–H groups in total. The first-order valence-electron chi connectivity index (χ1n) is 7.31. The zero-order chi connectivity index (χ0) is 16.8. The van der Waals surface area contributed by atoms with Gasteiger partial charge in [-0.2, -0.15) is 0 Å². The second-order valence-electron chi connectivity index (χ2n) is 5.10. The Labute approximate surface area is 139 Å². The molecule has 0 radical (unpaired) electrons. The van der Waals surface area contributed by atoms with Gasteiger partial charge in [0.15, 0.2) is 6.61 Å². The van der Waals surface area contributed by atoms with Crippen LogP contribution in [0.2, 0.25) is 5.02 Å². The Morgan fingerprint density at radius 1 is 1.52 bits per heavy atom. The number of hydrogen-bond donors (Lipinski definition) is 2. The number of aryl methyl sites for hydroxylation is 1. The number of amides is 1. The lowest BCUT2D eigenvalue weighted by Crippen LogP contribution is -2.22. The van der Waals surface area contributed by atoms with E-state index in [9.17, 15) is 4.79 Å². The van der Waals surface area contributed by atoms with E-state index in [2.05, 4.69) is 15.5 Å². The van der Waals surface area contributed by atoms with Gasteiger partial charge in [-0.15, -0.1) is 10.2 Å². The average Bonchev–Trinajstić information content (AvgIpc) is 3.00. The number of nitrogens with zero attached hydrogens (tertiary/aromatic N) is 3. The van der Waals surface area contributed by atoms with E-state index < -0.39 is 5.91 Å². The predicted octanol–water partition coefficient (Wildman–Crippen LogP) is 1.67. The first-order valence-corrected chi connectivity index (χ1v) is 7.69. The standard InChI is InChI=1S/C15H20ClN5O2/c1-3-21-9-19-20-15(21)10(2)18-7-11-4-5-13(12(16)6-11)23-8-14(17)22/h4-6,9-10,18H,3,7-8H2,1-2H3,(H2,17,22). The molecule has 23 heavy (non-hydrogen) atoms. The Morgan fingerprint density at radius 3 is 2.96 bits per heavy atom. The molecule has 1 unspecified atom stereocenters. The molecule has 0 aliphatic heterocycles. The van der Waals surface area contributed by atoms with Crippen LogP contribution < -0.4 is 15.8 Å². The molecule has 1 atom stereocenters. The van der Waals surface area contributed by atoms with Gasteiger partial charge in [0.05, 0.1) is 11.1 Å². The lowest BCUT2D eigenvalue weighted by Gasteiger charge is -2.14. The Hall–Kier alpha value is -2.12. The fourth-order valence-corrected chi connectivity index (χ4v) is 2.38. The maximum atomic E-state index is 10.7. The lowest BCUT2D eigenvalue weighted by molar-refractivity contribution is -0.119. The van der Waals surface area contributed by atoms with Crippen LogP contribution in [0.4, 0.5) is 0 Å². The third-order valence-corrected chi connectivity index (χ3v) is 3.65. The number of nitrogens with two attached hydrogens (primary N) is 1. The van der Waals surface area contributed by atoms with Gasteiger partial charge in [-0.3, -0.25) is 4.79 Å². The maximum absolute atomic E-state index is 10.7. The van der Waals surface area contributed by atoms with Crippen LogP contribution in [0.5, 0.6) is 5.75 Å². The molecular formula is C15H20ClN5O2. The highest BCUT2D eigenvalue weighted by molar-refractivity contribution is 6.32. The quantitative estimate of drug-likeness (QED) is 0.764. The third kappa shape index (κ3) is 4.67. The number of carbonyl (C=O) groups excluding carboxylic acids is 1. The molecule has 0 saturated carbocycles. The van der Waals surface area contributed by atoms with Gasteiger partial charge in [0.25, 0.3) is 5.91 Å². The van der Waals surface area contributed by atoms with Crippen molar-refractivity contribution in [3.05, 3.63) is 40.9 Å². The minimum Gasteiger partial charge on any atom is -0.482 e. The monoisotopic (exact) mass is 337 g/mol. The van der Waals surface area contributed by atoms with Crippen LogP contribution in [-0.2, 0) is 17.9 Å². The molecule has 1 aromatic carbocycles. The summed E-state index contributed by atoms with van der Waals surface area (Å²) in [6.07, 6.45) is 1.72. The van der Waals surface area contributed by atoms with Gasteiger partial charge in [-0.25, -0.2) is 0 Å². The SMILES string of the molecule is CCn1cnnc1C(C)NCc1ccc(OCC(N)=O)c(Cl)c1. The minimum atomic E-state index is -0.541. The Morgan fingerprint density at radius 2 is 2.30 bits per heavy atom. The van der Waals surface area contributed by atoms with Gasteiger partial charge in [-0.05, 0) is 31.5 Å². The number of benzene rings is 1. The number of halogens is 1. The lowest BCUT2D eigenvalue weighted by atomic mass is 10.2. The number of nitrogens with one attached hydrogen (secondary N) is 1. The predicted molar refractivity (Wildman–Crippen MR) is 87.1 cm³/mol. The summed E-state index contributed by atoms with van der Waals surface area (Å²) in [5.41, 5.74) is 6.04. The molecule has 0 aliphatic carbocycles. The molecule has 0 saturated heterocycles. The number of rotatable bonds is 8. The highest BCUT2D eigenvalue weighted by Gasteiger charge is 2.12. The summed E-state index contributed by atoms with van der Waals surface area (Å²) in [5, 5.41) is 11.9. The van der Waals surface area contributed by atoms with Crippen LogP contribution in [0.15, 0.2) is 24.5 Å². The van der Waals surface area contributed by atoms with Gasteiger partial charge in [0.2, 0.25) is 0 Å². The van der Waals surface area contributed by atoms with Crippen LogP contribution in [0.25, 0.3) is 0 Å². The zero-order valence-electron chi connectivity index (χ0n) is 13.1. The number of ether oxygens (including phenoxy) is 1. The molecule has 1 amide bonds. The van der Waals surface area contributed by atoms with Crippen LogP contribution in [0, 0.1) is 0 Å². The second kappa shape index (κ2) is 7.94. The van der Waals surface area contributed by atoms with Gasteiger partial charge in [-0.1, -0.05) is 17.7 Å². The maximum Gasteiger partial charge on any atom is 0.255 e. The van der Waals surface area contributed by atoms with Crippen molar-refractivity contribution in [2.75, 3.05) is 6.61 Å². The highest BCUT2D eigenvalue weighted by Crippen LogP contribution is 2.25. The number of aromatic nitrogens is 3. The van der Waals surface area contributed by atoms with Crippen molar-refractivity contribution in [2.45, 2.75) is 33.0 Å². The van der Waals surface area contributed by atoms with Gasteiger partial charge >= 0.3 is 0 Å². The smallest absolute Gasteiger partial charge is 0.255 e. The van der Waals surface area contributed by atoms with Crippen molar-refractivity contribution < 1.29 is 9.53 Å². The molecule has 2 rings (SSSR count). The first-order chi connectivity index (χ1) is 11.0. The molecule has 0 bridgehead atoms. The number of primary amides is 1. The second-order valence-corrected chi connectivity index (χ2v) is 5.50. The summed E-state index contributed by atoms with van der Waals surface area (Å²) >= 11 is 6.14. The molecule has 8 heteroatoms. The average molecular weight is 338 g/mol. The van der Waals surface area contributed by atoms with Crippen LogP contribution in [0.1, 0.15) is 31.3 Å². The molecule has 1 aromatic heterocycles. The Bertz CT molecular complexity index is 674. The summed E-state index contributed by atoms with van der Waals surface area (Å²) in [4.78, 5) is 10.7. The summed E-state index contributed by atoms with van der Waals surface area (Å²) in [6.45, 7) is 5.33. The molecule has 124 valence electrons. The van der Waals surface area contributed by atoms with E-state index in [1.165, 1.54) is 0 Å². The molecule has 1 heterocycles. The van der Waals surface area contributed by atoms with Gasteiger partial charge in [0, 0.05) is 13.1 Å². The largest absolute Gasteiger partial charge is 0.482 e. The van der Waals surface area contributed by atoms with Crippen molar-refractivity contribution in [1.82, 2.24) is 20.1 Å². The summed E-state index contributed by atoms with van der Waals surface area (Å²) < 4.78 is 7.21. The number of carbonyl (C=O) groups is 1. The fourth-order valence-electron chi connectivity index (χ4n) is 2.13. The van der Waals surface area contributed by atoms with E-state index in [0.29, 0.717) is 17.3 Å². The molecule has 2 aromatic rings.